The smallest absolute Gasteiger partial charge is 0.243 e. The lowest BCUT2D eigenvalue weighted by Crippen LogP contribution is -2.54. The van der Waals surface area contributed by atoms with E-state index < -0.39 is 32.1 Å². The maximum absolute atomic E-state index is 13.8. The van der Waals surface area contributed by atoms with Gasteiger partial charge in [-0.05, 0) is 52.0 Å². The highest BCUT2D eigenvalue weighted by atomic mass is 32.2. The van der Waals surface area contributed by atoms with Crippen molar-refractivity contribution in [1.82, 2.24) is 13.9 Å². The van der Waals surface area contributed by atoms with Gasteiger partial charge in [0.1, 0.15) is 0 Å². The van der Waals surface area contributed by atoms with Crippen LogP contribution in [0.4, 0.5) is 0 Å². The Morgan fingerprint density at radius 3 is 1.37 bits per heavy atom. The van der Waals surface area contributed by atoms with E-state index in [1.54, 1.807) is 60.7 Å². The van der Waals surface area contributed by atoms with Crippen LogP contribution in [0, 0.1) is 0 Å². The van der Waals surface area contributed by atoms with Gasteiger partial charge >= 0.3 is 0 Å². The third-order valence-electron chi connectivity index (χ3n) is 5.95. The Balaban J connectivity index is 2.09. The molecule has 35 heavy (non-hydrogen) atoms. The summed E-state index contributed by atoms with van der Waals surface area (Å²) >= 11 is 0. The molecule has 1 heterocycles. The normalized spacial score (nSPS) is 18.6. The van der Waals surface area contributed by atoms with Gasteiger partial charge in [-0.3, -0.25) is 0 Å². The van der Waals surface area contributed by atoms with E-state index in [1.165, 1.54) is 8.61 Å². The number of nitrogens with zero attached hydrogens (tertiary/aromatic N) is 2. The summed E-state index contributed by atoms with van der Waals surface area (Å²) in [6.45, 7) is 8.68. The van der Waals surface area contributed by atoms with E-state index in [0.29, 0.717) is 13.1 Å². The maximum Gasteiger partial charge on any atom is 0.243 e. The Hall–Kier alpha value is -2.30. The molecule has 0 unspecified atom stereocenters. The Morgan fingerprint density at radius 1 is 0.714 bits per heavy atom. The molecule has 2 atom stereocenters. The van der Waals surface area contributed by atoms with E-state index >= 15 is 0 Å². The predicted octanol–water partition coefficient (Wildman–Crippen LogP) is 3.64. The monoisotopic (exact) mass is 517 g/mol. The van der Waals surface area contributed by atoms with Crippen molar-refractivity contribution in [1.29, 1.82) is 0 Å². The summed E-state index contributed by atoms with van der Waals surface area (Å²) in [5, 5.41) is 3.25. The fraction of sp³-hybridized carbons (Fsp3) is 0.385. The number of hydrogen-bond donors (Lipinski definition) is 1. The number of nitrogens with one attached hydrogen (secondary N) is 1. The maximum atomic E-state index is 13.8. The third-order valence-corrected chi connectivity index (χ3v) is 9.76. The van der Waals surface area contributed by atoms with Crippen LogP contribution in [-0.2, 0) is 20.0 Å². The minimum Gasteiger partial charge on any atom is -0.313 e. The predicted molar refractivity (Wildman–Crippen MR) is 140 cm³/mol. The van der Waals surface area contributed by atoms with E-state index in [2.05, 4.69) is 5.32 Å². The molecule has 0 saturated carbocycles. The fourth-order valence-corrected chi connectivity index (χ4v) is 7.29. The van der Waals surface area contributed by atoms with Crippen molar-refractivity contribution in [3.05, 3.63) is 84.0 Å². The van der Waals surface area contributed by atoms with E-state index in [9.17, 15) is 16.8 Å². The second-order valence-electron chi connectivity index (χ2n) is 9.13. The van der Waals surface area contributed by atoms with Crippen molar-refractivity contribution in [3.8, 4) is 0 Å². The van der Waals surface area contributed by atoms with Gasteiger partial charge in [0.15, 0.2) is 0 Å². The van der Waals surface area contributed by atoms with Crippen molar-refractivity contribution in [3.63, 3.8) is 0 Å². The summed E-state index contributed by atoms with van der Waals surface area (Å²) in [6, 6.07) is 15.4. The second-order valence-corrected chi connectivity index (χ2v) is 12.9. The van der Waals surface area contributed by atoms with Crippen molar-refractivity contribution < 1.29 is 16.8 Å². The van der Waals surface area contributed by atoms with Gasteiger partial charge in [-0.15, -0.1) is 0 Å². The first kappa shape index (κ1) is 27.3. The van der Waals surface area contributed by atoms with Crippen molar-refractivity contribution in [2.45, 2.75) is 49.6 Å². The summed E-state index contributed by atoms with van der Waals surface area (Å²) < 4.78 is 58.0. The molecule has 0 aliphatic carbocycles. The molecule has 0 aromatic heterocycles. The zero-order valence-corrected chi connectivity index (χ0v) is 22.4. The molecule has 190 valence electrons. The molecule has 1 aliphatic rings. The Kier molecular flexibility index (Phi) is 9.06. The van der Waals surface area contributed by atoms with Gasteiger partial charge in [0, 0.05) is 26.2 Å². The highest BCUT2D eigenvalue weighted by Gasteiger charge is 2.44. The standard InChI is InChI=1S/C26H35N3O4S2/c1-21(2)15-17-28(34(30,31)23-11-7-5-8-12-23)25-19-27-20-26(25)29(18-16-22(3)4)35(32,33)24-13-9-6-10-14-24/h5-16,25-27H,17-20H2,1-4H3/t25-,26-/m0/s1. The van der Waals surface area contributed by atoms with E-state index in [1.807, 2.05) is 39.8 Å². The Labute approximate surface area is 210 Å². The number of allylic oxidation sites excluding steroid dienone is 2. The Morgan fingerprint density at radius 2 is 1.06 bits per heavy atom. The van der Waals surface area contributed by atoms with E-state index in [4.69, 9.17) is 0 Å². The number of hydrogen-bond acceptors (Lipinski definition) is 5. The fourth-order valence-electron chi connectivity index (χ4n) is 4.06. The molecule has 0 spiro atoms. The van der Waals surface area contributed by atoms with Gasteiger partial charge in [0.2, 0.25) is 20.0 Å². The van der Waals surface area contributed by atoms with Crippen molar-refractivity contribution >= 4 is 20.0 Å². The molecule has 1 fully saturated rings. The summed E-state index contributed by atoms with van der Waals surface area (Å²) in [5.41, 5.74) is 1.97. The summed E-state index contributed by atoms with van der Waals surface area (Å²) in [5.74, 6) is 0. The van der Waals surface area contributed by atoms with Gasteiger partial charge in [0.25, 0.3) is 0 Å². The van der Waals surface area contributed by atoms with Crippen LogP contribution in [0.15, 0.2) is 93.8 Å². The van der Waals surface area contributed by atoms with Crippen LogP contribution in [0.2, 0.25) is 0 Å². The van der Waals surface area contributed by atoms with Crippen LogP contribution < -0.4 is 5.32 Å². The molecule has 0 bridgehead atoms. The quantitative estimate of drug-likeness (QED) is 0.486. The lowest BCUT2D eigenvalue weighted by Gasteiger charge is -2.36. The van der Waals surface area contributed by atoms with E-state index in [0.717, 1.165) is 11.1 Å². The average molecular weight is 518 g/mol. The minimum absolute atomic E-state index is 0.157. The van der Waals surface area contributed by atoms with Crippen LogP contribution in [-0.4, -0.2) is 63.7 Å². The molecule has 1 saturated heterocycles. The molecular weight excluding hydrogens is 482 g/mol. The molecule has 1 N–H and O–H groups in total. The summed E-state index contributed by atoms with van der Waals surface area (Å²) in [4.78, 5) is 0.379. The number of rotatable bonds is 10. The van der Waals surface area contributed by atoms with Crippen LogP contribution >= 0.6 is 0 Å². The largest absolute Gasteiger partial charge is 0.313 e. The van der Waals surface area contributed by atoms with Crippen LogP contribution in [0.25, 0.3) is 0 Å². The van der Waals surface area contributed by atoms with Gasteiger partial charge < -0.3 is 5.32 Å². The average Bonchev–Trinajstić information content (AvgIpc) is 3.28. The van der Waals surface area contributed by atoms with Crippen LogP contribution in [0.3, 0.4) is 0 Å². The molecule has 0 radical (unpaired) electrons. The highest BCUT2D eigenvalue weighted by Crippen LogP contribution is 2.28. The first-order chi connectivity index (χ1) is 16.5. The zero-order chi connectivity index (χ0) is 25.6. The zero-order valence-electron chi connectivity index (χ0n) is 20.8. The highest BCUT2D eigenvalue weighted by molar-refractivity contribution is 7.89. The van der Waals surface area contributed by atoms with Crippen molar-refractivity contribution in [2.24, 2.45) is 0 Å². The molecule has 1 aliphatic heterocycles. The Bertz CT molecular complexity index is 1150. The summed E-state index contributed by atoms with van der Waals surface area (Å²) in [6.07, 6.45) is 3.73. The van der Waals surface area contributed by atoms with E-state index in [-0.39, 0.29) is 22.9 Å². The molecular formula is C26H35N3O4S2. The first-order valence-electron chi connectivity index (χ1n) is 11.7. The molecule has 0 amide bonds. The van der Waals surface area contributed by atoms with Crippen molar-refractivity contribution in [2.75, 3.05) is 26.2 Å². The molecule has 3 rings (SSSR count). The molecule has 2 aromatic rings. The van der Waals surface area contributed by atoms with Crippen LogP contribution in [0.1, 0.15) is 27.7 Å². The second kappa shape index (κ2) is 11.6. The lowest BCUT2D eigenvalue weighted by molar-refractivity contribution is 0.248. The molecule has 9 heteroatoms. The topological polar surface area (TPSA) is 86.8 Å². The SMILES string of the molecule is CC(C)=CCN([C@H]1CNC[C@@H]1N(CC=C(C)C)S(=O)(=O)c1ccccc1)S(=O)(=O)c1ccccc1. The van der Waals surface area contributed by atoms with Crippen LogP contribution in [0.5, 0.6) is 0 Å². The first-order valence-corrected chi connectivity index (χ1v) is 14.5. The number of benzene rings is 2. The van der Waals surface area contributed by atoms with Gasteiger partial charge in [-0.25, -0.2) is 16.8 Å². The number of sulfonamides is 2. The minimum atomic E-state index is -3.88. The summed E-state index contributed by atoms with van der Waals surface area (Å²) in [7, 11) is -7.75. The third kappa shape index (κ3) is 6.48. The van der Waals surface area contributed by atoms with Gasteiger partial charge in [-0.2, -0.15) is 8.61 Å². The van der Waals surface area contributed by atoms with Gasteiger partial charge in [-0.1, -0.05) is 59.7 Å². The molecule has 7 nitrogen and oxygen atoms in total. The van der Waals surface area contributed by atoms with Gasteiger partial charge in [0.05, 0.1) is 21.9 Å². The molecule has 2 aromatic carbocycles. The lowest BCUT2D eigenvalue weighted by atomic mass is 10.1.